The standard InChI is InChI=1S/C11H20N6O2/c1-3-19-11(18)17-6-4-9(5-7-17)12-8-10-13-15-16(2)14-10/h9,12H,3-8H2,1-2H3. The largest absolute Gasteiger partial charge is 0.450 e. The number of hydrogen-bond donors (Lipinski definition) is 1. The molecule has 0 radical (unpaired) electrons. The molecule has 0 aliphatic carbocycles. The van der Waals surface area contributed by atoms with Gasteiger partial charge in [-0.15, -0.1) is 10.2 Å². The van der Waals surface area contributed by atoms with E-state index in [9.17, 15) is 4.79 Å². The lowest BCUT2D eigenvalue weighted by Gasteiger charge is -2.31. The monoisotopic (exact) mass is 268 g/mol. The molecule has 0 spiro atoms. The van der Waals surface area contributed by atoms with Crippen molar-refractivity contribution in [2.75, 3.05) is 19.7 Å². The number of ether oxygens (including phenoxy) is 1. The topological polar surface area (TPSA) is 85.2 Å². The summed E-state index contributed by atoms with van der Waals surface area (Å²) in [6.07, 6.45) is 1.62. The van der Waals surface area contributed by atoms with Crippen LogP contribution in [-0.4, -0.2) is 56.9 Å². The molecule has 0 aromatic carbocycles. The molecule has 0 atom stereocenters. The van der Waals surface area contributed by atoms with Crippen LogP contribution in [0.4, 0.5) is 4.79 Å². The van der Waals surface area contributed by atoms with E-state index in [4.69, 9.17) is 4.74 Å². The lowest BCUT2D eigenvalue weighted by Crippen LogP contribution is -2.45. The minimum atomic E-state index is -0.212. The highest BCUT2D eigenvalue weighted by atomic mass is 16.6. The van der Waals surface area contributed by atoms with E-state index in [1.807, 2.05) is 6.92 Å². The number of carbonyl (C=O) groups excluding carboxylic acids is 1. The minimum Gasteiger partial charge on any atom is -0.450 e. The molecule has 0 bridgehead atoms. The third-order valence-electron chi connectivity index (χ3n) is 3.12. The molecule has 1 aromatic rings. The number of likely N-dealkylation sites (tertiary alicyclic amines) is 1. The molecule has 1 N–H and O–H groups in total. The van der Waals surface area contributed by atoms with E-state index in [1.54, 1.807) is 11.9 Å². The summed E-state index contributed by atoms with van der Waals surface area (Å²) < 4.78 is 4.98. The van der Waals surface area contributed by atoms with Gasteiger partial charge in [0.05, 0.1) is 20.2 Å². The molecule has 0 saturated carbocycles. The molecule has 8 nitrogen and oxygen atoms in total. The second-order valence-electron chi connectivity index (χ2n) is 4.54. The molecule has 1 saturated heterocycles. The Morgan fingerprint density at radius 3 is 2.79 bits per heavy atom. The van der Waals surface area contributed by atoms with Crippen LogP contribution >= 0.6 is 0 Å². The molecule has 2 rings (SSSR count). The highest BCUT2D eigenvalue weighted by molar-refractivity contribution is 5.67. The Labute approximate surface area is 112 Å². The summed E-state index contributed by atoms with van der Waals surface area (Å²) in [5.41, 5.74) is 0. The summed E-state index contributed by atoms with van der Waals surface area (Å²) in [5.74, 6) is 0.690. The van der Waals surface area contributed by atoms with Crippen LogP contribution in [0.5, 0.6) is 0 Å². The van der Waals surface area contributed by atoms with Crippen LogP contribution in [-0.2, 0) is 18.3 Å². The first-order valence-electron chi connectivity index (χ1n) is 6.57. The Balaban J connectivity index is 1.70. The molecular weight excluding hydrogens is 248 g/mol. The lowest BCUT2D eigenvalue weighted by atomic mass is 10.1. The van der Waals surface area contributed by atoms with Crippen molar-refractivity contribution in [2.24, 2.45) is 7.05 Å². The third-order valence-corrected chi connectivity index (χ3v) is 3.12. The number of aromatic nitrogens is 4. The average Bonchev–Trinajstić information content (AvgIpc) is 2.83. The summed E-state index contributed by atoms with van der Waals surface area (Å²) in [5, 5.41) is 15.2. The summed E-state index contributed by atoms with van der Waals surface area (Å²) >= 11 is 0. The number of hydrogen-bond acceptors (Lipinski definition) is 6. The number of amides is 1. The van der Waals surface area contributed by atoms with Crippen molar-refractivity contribution in [3.63, 3.8) is 0 Å². The lowest BCUT2D eigenvalue weighted by molar-refractivity contribution is 0.0949. The van der Waals surface area contributed by atoms with Gasteiger partial charge in [-0.2, -0.15) is 4.80 Å². The van der Waals surface area contributed by atoms with Gasteiger partial charge >= 0.3 is 6.09 Å². The van der Waals surface area contributed by atoms with E-state index in [-0.39, 0.29) is 6.09 Å². The maximum Gasteiger partial charge on any atom is 0.409 e. The first-order valence-corrected chi connectivity index (χ1v) is 6.57. The van der Waals surface area contributed by atoms with Crippen molar-refractivity contribution in [3.05, 3.63) is 5.82 Å². The fraction of sp³-hybridized carbons (Fsp3) is 0.818. The number of tetrazole rings is 1. The maximum atomic E-state index is 11.5. The van der Waals surface area contributed by atoms with Gasteiger partial charge in [0.1, 0.15) is 0 Å². The Morgan fingerprint density at radius 1 is 1.47 bits per heavy atom. The molecule has 1 fully saturated rings. The Kier molecular flexibility index (Phi) is 4.67. The Hall–Kier alpha value is -1.70. The zero-order valence-corrected chi connectivity index (χ0v) is 11.4. The second-order valence-corrected chi connectivity index (χ2v) is 4.54. The van der Waals surface area contributed by atoms with Crippen molar-refractivity contribution in [1.29, 1.82) is 0 Å². The molecule has 1 amide bonds. The van der Waals surface area contributed by atoms with Crippen LogP contribution in [0.1, 0.15) is 25.6 Å². The van der Waals surface area contributed by atoms with Gasteiger partial charge in [0, 0.05) is 19.1 Å². The molecular formula is C11H20N6O2. The summed E-state index contributed by atoms with van der Waals surface area (Å²) in [4.78, 5) is 14.7. The molecule has 1 aliphatic rings. The van der Waals surface area contributed by atoms with Crippen LogP contribution in [0, 0.1) is 0 Å². The quantitative estimate of drug-likeness (QED) is 0.822. The summed E-state index contributed by atoms with van der Waals surface area (Å²) in [6, 6.07) is 0.384. The van der Waals surface area contributed by atoms with Gasteiger partial charge in [0.25, 0.3) is 0 Å². The zero-order chi connectivity index (χ0) is 13.7. The van der Waals surface area contributed by atoms with Crippen molar-refractivity contribution >= 4 is 6.09 Å². The molecule has 0 unspecified atom stereocenters. The molecule has 1 aliphatic heterocycles. The molecule has 19 heavy (non-hydrogen) atoms. The minimum absolute atomic E-state index is 0.212. The number of rotatable bonds is 4. The van der Waals surface area contributed by atoms with Crippen molar-refractivity contribution in [1.82, 2.24) is 30.4 Å². The van der Waals surface area contributed by atoms with E-state index in [1.165, 1.54) is 4.80 Å². The number of nitrogens with one attached hydrogen (secondary N) is 1. The zero-order valence-electron chi connectivity index (χ0n) is 11.4. The SMILES string of the molecule is CCOC(=O)N1CCC(NCc2nnn(C)n2)CC1. The van der Waals surface area contributed by atoms with Gasteiger partial charge < -0.3 is 15.0 Å². The van der Waals surface area contributed by atoms with Gasteiger partial charge in [0.15, 0.2) is 5.82 Å². The van der Waals surface area contributed by atoms with Gasteiger partial charge in [-0.1, -0.05) is 0 Å². The number of piperidine rings is 1. The third kappa shape index (κ3) is 3.88. The Bertz CT molecular complexity index is 413. The van der Waals surface area contributed by atoms with Crippen molar-refractivity contribution in [3.8, 4) is 0 Å². The van der Waals surface area contributed by atoms with Crippen LogP contribution < -0.4 is 5.32 Å². The maximum absolute atomic E-state index is 11.5. The highest BCUT2D eigenvalue weighted by Gasteiger charge is 2.23. The van der Waals surface area contributed by atoms with Gasteiger partial charge in [-0.25, -0.2) is 4.79 Å². The smallest absolute Gasteiger partial charge is 0.409 e. The predicted octanol–water partition coefficient (Wildman–Crippen LogP) is -0.0794. The van der Waals surface area contributed by atoms with Gasteiger partial charge in [-0.05, 0) is 25.0 Å². The fourth-order valence-corrected chi connectivity index (χ4v) is 2.11. The van der Waals surface area contributed by atoms with E-state index in [0.29, 0.717) is 25.0 Å². The van der Waals surface area contributed by atoms with Gasteiger partial charge in [-0.3, -0.25) is 0 Å². The van der Waals surface area contributed by atoms with E-state index in [0.717, 1.165) is 25.9 Å². The second kappa shape index (κ2) is 6.46. The van der Waals surface area contributed by atoms with Crippen molar-refractivity contribution < 1.29 is 9.53 Å². The fourth-order valence-electron chi connectivity index (χ4n) is 2.11. The van der Waals surface area contributed by atoms with Gasteiger partial charge in [0.2, 0.25) is 0 Å². The first kappa shape index (κ1) is 13.7. The highest BCUT2D eigenvalue weighted by Crippen LogP contribution is 2.11. The molecule has 1 aromatic heterocycles. The molecule has 2 heterocycles. The average molecular weight is 268 g/mol. The number of nitrogens with zero attached hydrogens (tertiary/aromatic N) is 5. The van der Waals surface area contributed by atoms with E-state index >= 15 is 0 Å². The Morgan fingerprint density at radius 2 is 2.21 bits per heavy atom. The van der Waals surface area contributed by atoms with Crippen molar-refractivity contribution in [2.45, 2.75) is 32.4 Å². The van der Waals surface area contributed by atoms with E-state index < -0.39 is 0 Å². The summed E-state index contributed by atoms with van der Waals surface area (Å²) in [6.45, 7) is 4.31. The molecule has 8 heteroatoms. The number of carbonyl (C=O) groups is 1. The van der Waals surface area contributed by atoms with E-state index in [2.05, 4.69) is 20.7 Å². The predicted molar refractivity (Wildman–Crippen MR) is 67.3 cm³/mol. The number of aryl methyl sites for hydroxylation is 1. The first-order chi connectivity index (χ1) is 9.19. The summed E-state index contributed by atoms with van der Waals surface area (Å²) in [7, 11) is 1.74. The van der Waals surface area contributed by atoms with Crippen LogP contribution in [0.25, 0.3) is 0 Å². The van der Waals surface area contributed by atoms with Crippen LogP contribution in [0.2, 0.25) is 0 Å². The molecule has 106 valence electrons. The normalized spacial score (nSPS) is 16.6. The van der Waals surface area contributed by atoms with Crippen LogP contribution in [0.15, 0.2) is 0 Å². The van der Waals surface area contributed by atoms with Crippen LogP contribution in [0.3, 0.4) is 0 Å².